The number of aryl methyl sites for hydroxylation is 1. The molecule has 0 aliphatic heterocycles. The maximum Gasteiger partial charge on any atom is 0.303 e. The van der Waals surface area contributed by atoms with Gasteiger partial charge in [-0.3, -0.25) is 4.79 Å². The molecule has 0 aromatic heterocycles. The molecule has 0 saturated heterocycles. The van der Waals surface area contributed by atoms with E-state index in [4.69, 9.17) is 9.84 Å². The summed E-state index contributed by atoms with van der Waals surface area (Å²) in [5.74, 6) is 0.251. The number of carbonyl (C=O) groups is 1. The van der Waals surface area contributed by atoms with Crippen LogP contribution in [0.25, 0.3) is 0 Å². The summed E-state index contributed by atoms with van der Waals surface area (Å²) in [6, 6.07) is 6.15. The molecule has 0 saturated carbocycles. The second kappa shape index (κ2) is 8.57. The number of carboxylic acid groups (broad SMARTS) is 1. The van der Waals surface area contributed by atoms with Gasteiger partial charge in [0.15, 0.2) is 0 Å². The first-order valence-electron chi connectivity index (χ1n) is 7.05. The summed E-state index contributed by atoms with van der Waals surface area (Å²) in [4.78, 5) is 10.5. The van der Waals surface area contributed by atoms with Crippen molar-refractivity contribution in [2.45, 2.75) is 51.9 Å². The van der Waals surface area contributed by atoms with Crippen molar-refractivity contribution in [3.05, 3.63) is 29.3 Å². The van der Waals surface area contributed by atoms with Crippen LogP contribution in [0.1, 0.15) is 50.2 Å². The number of carboxylic acids is 1. The Morgan fingerprint density at radius 3 is 2.63 bits per heavy atom. The van der Waals surface area contributed by atoms with E-state index in [1.54, 1.807) is 7.11 Å². The van der Waals surface area contributed by atoms with Crippen LogP contribution in [0.4, 0.5) is 0 Å². The predicted octanol–water partition coefficient (Wildman–Crippen LogP) is 3.84. The quantitative estimate of drug-likeness (QED) is 0.689. The third kappa shape index (κ3) is 5.33. The smallest absolute Gasteiger partial charge is 0.303 e. The van der Waals surface area contributed by atoms with Gasteiger partial charge < -0.3 is 9.84 Å². The second-order valence-electron chi connectivity index (χ2n) is 4.80. The molecule has 3 nitrogen and oxygen atoms in total. The summed E-state index contributed by atoms with van der Waals surface area (Å²) in [5.41, 5.74) is 2.60. The van der Waals surface area contributed by atoms with Gasteiger partial charge in [-0.05, 0) is 49.3 Å². The van der Waals surface area contributed by atoms with E-state index in [1.165, 1.54) is 11.1 Å². The molecule has 1 aromatic carbocycles. The highest BCUT2D eigenvalue weighted by Crippen LogP contribution is 2.25. The zero-order chi connectivity index (χ0) is 14.1. The second-order valence-corrected chi connectivity index (χ2v) is 4.80. The van der Waals surface area contributed by atoms with E-state index < -0.39 is 5.97 Å². The molecule has 0 heterocycles. The van der Waals surface area contributed by atoms with E-state index in [0.717, 1.165) is 44.3 Å². The summed E-state index contributed by atoms with van der Waals surface area (Å²) in [6.45, 7) is 2.18. The Morgan fingerprint density at radius 1 is 1.21 bits per heavy atom. The zero-order valence-corrected chi connectivity index (χ0v) is 11.9. The summed E-state index contributed by atoms with van der Waals surface area (Å²) < 4.78 is 5.43. The Hall–Kier alpha value is -1.51. The van der Waals surface area contributed by atoms with Gasteiger partial charge in [0.25, 0.3) is 0 Å². The molecule has 19 heavy (non-hydrogen) atoms. The monoisotopic (exact) mass is 264 g/mol. The Morgan fingerprint density at radius 2 is 2.00 bits per heavy atom. The fraction of sp³-hybridized carbons (Fsp3) is 0.562. The Bertz CT molecular complexity index is 399. The van der Waals surface area contributed by atoms with E-state index >= 15 is 0 Å². The molecule has 0 spiro atoms. The number of hydrogen-bond acceptors (Lipinski definition) is 2. The van der Waals surface area contributed by atoms with E-state index in [1.807, 2.05) is 12.1 Å². The van der Waals surface area contributed by atoms with Crippen molar-refractivity contribution in [2.75, 3.05) is 7.11 Å². The first-order chi connectivity index (χ1) is 9.19. The number of aliphatic carboxylic acids is 1. The number of methoxy groups -OCH3 is 1. The van der Waals surface area contributed by atoms with Gasteiger partial charge in [-0.1, -0.05) is 25.5 Å². The largest absolute Gasteiger partial charge is 0.496 e. The van der Waals surface area contributed by atoms with Crippen LogP contribution in [-0.2, 0) is 17.6 Å². The van der Waals surface area contributed by atoms with Gasteiger partial charge in [-0.25, -0.2) is 0 Å². The van der Waals surface area contributed by atoms with Crippen LogP contribution in [0.15, 0.2) is 18.2 Å². The lowest BCUT2D eigenvalue weighted by molar-refractivity contribution is -0.137. The van der Waals surface area contributed by atoms with E-state index in [0.29, 0.717) is 0 Å². The molecule has 1 rings (SSSR count). The predicted molar refractivity (Wildman–Crippen MR) is 76.8 cm³/mol. The van der Waals surface area contributed by atoms with Crippen molar-refractivity contribution in [3.63, 3.8) is 0 Å². The highest BCUT2D eigenvalue weighted by Gasteiger charge is 2.08. The zero-order valence-electron chi connectivity index (χ0n) is 11.9. The third-order valence-corrected chi connectivity index (χ3v) is 3.32. The van der Waals surface area contributed by atoms with Gasteiger partial charge in [-0.15, -0.1) is 0 Å². The van der Waals surface area contributed by atoms with Crippen molar-refractivity contribution >= 4 is 5.97 Å². The molecular formula is C16H24O3. The lowest BCUT2D eigenvalue weighted by Crippen LogP contribution is -2.00. The first kappa shape index (κ1) is 15.5. The standard InChI is InChI=1S/C16H24O3/c1-3-4-10-14-13(8-5-6-12-16(17)18)9-7-11-15(14)19-2/h7,9,11H,3-6,8,10,12H2,1-2H3,(H,17,18). The van der Waals surface area contributed by atoms with Crippen molar-refractivity contribution in [2.24, 2.45) is 0 Å². The molecule has 0 aliphatic rings. The van der Waals surface area contributed by atoms with Crippen molar-refractivity contribution in [1.29, 1.82) is 0 Å². The highest BCUT2D eigenvalue weighted by molar-refractivity contribution is 5.66. The van der Waals surface area contributed by atoms with Crippen LogP contribution in [-0.4, -0.2) is 18.2 Å². The molecule has 0 bridgehead atoms. The van der Waals surface area contributed by atoms with Gasteiger partial charge in [0.1, 0.15) is 5.75 Å². The molecule has 106 valence electrons. The van der Waals surface area contributed by atoms with E-state index in [9.17, 15) is 4.79 Å². The summed E-state index contributed by atoms with van der Waals surface area (Å²) in [5, 5.41) is 8.64. The lowest BCUT2D eigenvalue weighted by atomic mass is 9.96. The molecule has 0 radical (unpaired) electrons. The maximum atomic E-state index is 10.5. The Kier molecular flexibility index (Phi) is 7.01. The summed E-state index contributed by atoms with van der Waals surface area (Å²) >= 11 is 0. The van der Waals surface area contributed by atoms with Crippen LogP contribution >= 0.6 is 0 Å². The third-order valence-electron chi connectivity index (χ3n) is 3.32. The number of benzene rings is 1. The number of rotatable bonds is 9. The van der Waals surface area contributed by atoms with E-state index in [2.05, 4.69) is 13.0 Å². The van der Waals surface area contributed by atoms with Gasteiger partial charge in [0, 0.05) is 6.42 Å². The topological polar surface area (TPSA) is 46.5 Å². The molecule has 0 fully saturated rings. The van der Waals surface area contributed by atoms with E-state index in [-0.39, 0.29) is 6.42 Å². The Labute approximate surface area is 115 Å². The van der Waals surface area contributed by atoms with Crippen LogP contribution < -0.4 is 4.74 Å². The van der Waals surface area contributed by atoms with Crippen LogP contribution in [0.5, 0.6) is 5.75 Å². The number of unbranched alkanes of at least 4 members (excludes halogenated alkanes) is 2. The fourth-order valence-corrected chi connectivity index (χ4v) is 2.27. The summed E-state index contributed by atoms with van der Waals surface area (Å²) in [7, 11) is 1.71. The lowest BCUT2D eigenvalue weighted by Gasteiger charge is -2.13. The first-order valence-corrected chi connectivity index (χ1v) is 7.05. The van der Waals surface area contributed by atoms with Crippen LogP contribution in [0.2, 0.25) is 0 Å². The highest BCUT2D eigenvalue weighted by atomic mass is 16.5. The summed E-state index contributed by atoms with van der Waals surface area (Å²) in [6.07, 6.45) is 6.20. The van der Waals surface area contributed by atoms with Gasteiger partial charge in [0.2, 0.25) is 0 Å². The molecule has 0 atom stereocenters. The molecule has 1 N–H and O–H groups in total. The van der Waals surface area contributed by atoms with Crippen LogP contribution in [0.3, 0.4) is 0 Å². The maximum absolute atomic E-state index is 10.5. The molecule has 0 unspecified atom stereocenters. The molecule has 1 aromatic rings. The minimum atomic E-state index is -0.711. The molecular weight excluding hydrogens is 240 g/mol. The minimum Gasteiger partial charge on any atom is -0.496 e. The SMILES string of the molecule is CCCCc1c(CCCCC(=O)O)cccc1OC. The van der Waals surface area contributed by atoms with Gasteiger partial charge in [0.05, 0.1) is 7.11 Å². The van der Waals surface area contributed by atoms with Crippen molar-refractivity contribution in [3.8, 4) is 5.75 Å². The number of hydrogen-bond donors (Lipinski definition) is 1. The fourth-order valence-electron chi connectivity index (χ4n) is 2.27. The minimum absolute atomic E-state index is 0.258. The average Bonchev–Trinajstić information content (AvgIpc) is 2.41. The van der Waals surface area contributed by atoms with Crippen LogP contribution in [0, 0.1) is 0 Å². The molecule has 3 heteroatoms. The van der Waals surface area contributed by atoms with Gasteiger partial charge in [-0.2, -0.15) is 0 Å². The number of ether oxygens (including phenoxy) is 1. The normalized spacial score (nSPS) is 10.4. The average molecular weight is 264 g/mol. The Balaban J connectivity index is 2.66. The molecule has 0 amide bonds. The van der Waals surface area contributed by atoms with Gasteiger partial charge >= 0.3 is 5.97 Å². The molecule has 0 aliphatic carbocycles. The van der Waals surface area contributed by atoms with Crippen molar-refractivity contribution in [1.82, 2.24) is 0 Å². The van der Waals surface area contributed by atoms with Crippen molar-refractivity contribution < 1.29 is 14.6 Å².